The van der Waals surface area contributed by atoms with Crippen LogP contribution in [-0.4, -0.2) is 16.0 Å². The number of thioether (sulfide) groups is 1. The fraction of sp³-hybridized carbons (Fsp3) is 0.308. The molecule has 96 valence electrons. The number of aryl methyl sites for hydroxylation is 2. The highest BCUT2D eigenvalue weighted by Gasteiger charge is 2.10. The first kappa shape index (κ1) is 13.5. The molecule has 1 heterocycles. The molecular formula is C13H17N3S2. The summed E-state index contributed by atoms with van der Waals surface area (Å²) in [6.07, 6.45) is 2.08. The maximum absolute atomic E-state index is 5.87. The van der Waals surface area contributed by atoms with Gasteiger partial charge in [0, 0.05) is 23.4 Å². The molecule has 0 radical (unpaired) electrons. The summed E-state index contributed by atoms with van der Waals surface area (Å²) in [6, 6.07) is 8.41. The van der Waals surface area contributed by atoms with Crippen LogP contribution in [-0.2, 0) is 13.6 Å². The van der Waals surface area contributed by atoms with Crippen molar-refractivity contribution in [2.75, 3.05) is 6.26 Å². The van der Waals surface area contributed by atoms with Crippen molar-refractivity contribution < 1.29 is 0 Å². The Kier molecular flexibility index (Phi) is 4.37. The minimum Gasteiger partial charge on any atom is -0.326 e. The van der Waals surface area contributed by atoms with Crippen molar-refractivity contribution in [1.29, 1.82) is 0 Å². The molecule has 0 saturated heterocycles. The van der Waals surface area contributed by atoms with Gasteiger partial charge in [0.25, 0.3) is 0 Å². The molecule has 3 nitrogen and oxygen atoms in total. The van der Waals surface area contributed by atoms with Crippen LogP contribution in [0.2, 0.25) is 0 Å². The summed E-state index contributed by atoms with van der Waals surface area (Å²) in [5, 5.41) is 5.50. The van der Waals surface area contributed by atoms with Gasteiger partial charge in [0.15, 0.2) is 0 Å². The van der Waals surface area contributed by atoms with Crippen LogP contribution in [0.1, 0.15) is 11.3 Å². The molecule has 0 aliphatic rings. The first-order chi connectivity index (χ1) is 8.65. The molecule has 0 atom stereocenters. The van der Waals surface area contributed by atoms with Crippen molar-refractivity contribution in [2.24, 2.45) is 12.8 Å². The van der Waals surface area contributed by atoms with E-state index < -0.39 is 0 Å². The fourth-order valence-electron chi connectivity index (χ4n) is 1.83. The van der Waals surface area contributed by atoms with Crippen LogP contribution in [0.3, 0.4) is 0 Å². The minimum atomic E-state index is 0.566. The summed E-state index contributed by atoms with van der Waals surface area (Å²) in [6.45, 7) is 2.57. The molecule has 0 unspecified atom stereocenters. The molecule has 5 heteroatoms. The highest BCUT2D eigenvalue weighted by atomic mass is 32.2. The fourth-order valence-corrected chi connectivity index (χ4v) is 3.64. The number of nitrogens with two attached hydrogens (primary N) is 1. The minimum absolute atomic E-state index is 0.566. The third-order valence-electron chi connectivity index (χ3n) is 2.69. The van der Waals surface area contributed by atoms with Gasteiger partial charge in [-0.15, -0.1) is 11.8 Å². The van der Waals surface area contributed by atoms with E-state index in [2.05, 4.69) is 35.6 Å². The van der Waals surface area contributed by atoms with E-state index in [0.29, 0.717) is 6.54 Å². The summed E-state index contributed by atoms with van der Waals surface area (Å²) >= 11 is 3.46. The number of aromatic nitrogens is 2. The summed E-state index contributed by atoms with van der Waals surface area (Å²) < 4.78 is 1.91. The van der Waals surface area contributed by atoms with E-state index in [1.165, 1.54) is 15.4 Å². The molecule has 18 heavy (non-hydrogen) atoms. The molecule has 0 saturated carbocycles. The molecule has 2 N–H and O–H groups in total. The number of benzene rings is 1. The van der Waals surface area contributed by atoms with Gasteiger partial charge < -0.3 is 5.73 Å². The maximum Gasteiger partial charge on any atom is 0.0987 e. The van der Waals surface area contributed by atoms with E-state index in [1.807, 2.05) is 18.7 Å². The van der Waals surface area contributed by atoms with Crippen molar-refractivity contribution in [3.63, 3.8) is 0 Å². The maximum atomic E-state index is 5.87. The second kappa shape index (κ2) is 5.82. The zero-order chi connectivity index (χ0) is 13.1. The van der Waals surface area contributed by atoms with E-state index >= 15 is 0 Å². The van der Waals surface area contributed by atoms with Gasteiger partial charge >= 0.3 is 0 Å². The highest BCUT2D eigenvalue weighted by Crippen LogP contribution is 2.34. The molecule has 0 amide bonds. The topological polar surface area (TPSA) is 43.8 Å². The van der Waals surface area contributed by atoms with Crippen LogP contribution in [0.15, 0.2) is 39.1 Å². The van der Waals surface area contributed by atoms with E-state index in [0.717, 1.165) is 10.7 Å². The lowest BCUT2D eigenvalue weighted by Gasteiger charge is -2.11. The van der Waals surface area contributed by atoms with Crippen LogP contribution < -0.4 is 5.73 Å². The van der Waals surface area contributed by atoms with E-state index in [-0.39, 0.29) is 0 Å². The third-order valence-corrected chi connectivity index (χ3v) is 4.70. The van der Waals surface area contributed by atoms with Gasteiger partial charge in [0.1, 0.15) is 0 Å². The normalized spacial score (nSPS) is 10.9. The van der Waals surface area contributed by atoms with Gasteiger partial charge in [0.05, 0.1) is 10.7 Å². The average molecular weight is 279 g/mol. The Labute approximate surface area is 116 Å². The Morgan fingerprint density at radius 1 is 1.33 bits per heavy atom. The van der Waals surface area contributed by atoms with Crippen LogP contribution in [0.25, 0.3) is 0 Å². The zero-order valence-corrected chi connectivity index (χ0v) is 12.4. The smallest absolute Gasteiger partial charge is 0.0987 e. The Morgan fingerprint density at radius 3 is 2.61 bits per heavy atom. The van der Waals surface area contributed by atoms with E-state index in [4.69, 9.17) is 5.73 Å². The Bertz CT molecular complexity index is 549. The number of nitrogens with zero attached hydrogens (tertiary/aromatic N) is 2. The van der Waals surface area contributed by atoms with Gasteiger partial charge in [-0.1, -0.05) is 17.8 Å². The Hall–Kier alpha value is -0.910. The van der Waals surface area contributed by atoms with Crippen molar-refractivity contribution in [3.05, 3.63) is 35.5 Å². The van der Waals surface area contributed by atoms with Gasteiger partial charge in [-0.2, -0.15) is 5.10 Å². The first-order valence-corrected chi connectivity index (χ1v) is 7.74. The van der Waals surface area contributed by atoms with E-state index in [1.54, 1.807) is 23.5 Å². The molecule has 1 aromatic heterocycles. The average Bonchev–Trinajstić information content (AvgIpc) is 2.67. The monoisotopic (exact) mass is 279 g/mol. The molecule has 2 aromatic rings. The summed E-state index contributed by atoms with van der Waals surface area (Å²) in [4.78, 5) is 2.47. The van der Waals surface area contributed by atoms with Crippen molar-refractivity contribution in [1.82, 2.24) is 9.78 Å². The van der Waals surface area contributed by atoms with Crippen LogP contribution in [0.4, 0.5) is 0 Å². The lowest BCUT2D eigenvalue weighted by atomic mass is 10.2. The van der Waals surface area contributed by atoms with Crippen LogP contribution in [0.5, 0.6) is 0 Å². The predicted octanol–water partition coefficient (Wildman–Crippen LogP) is 3.06. The number of hydrogen-bond acceptors (Lipinski definition) is 4. The molecule has 0 spiro atoms. The lowest BCUT2D eigenvalue weighted by Crippen LogP contribution is -2.01. The Morgan fingerprint density at radius 2 is 2.06 bits per heavy atom. The highest BCUT2D eigenvalue weighted by molar-refractivity contribution is 7.99. The predicted molar refractivity (Wildman–Crippen MR) is 78.2 cm³/mol. The molecule has 0 fully saturated rings. The summed E-state index contributed by atoms with van der Waals surface area (Å²) in [5.41, 5.74) is 8.13. The summed E-state index contributed by atoms with van der Waals surface area (Å²) in [7, 11) is 1.97. The quantitative estimate of drug-likeness (QED) is 0.874. The number of rotatable bonds is 4. The molecule has 0 aliphatic heterocycles. The van der Waals surface area contributed by atoms with Crippen LogP contribution in [0, 0.1) is 6.92 Å². The molecule has 0 bridgehead atoms. The lowest BCUT2D eigenvalue weighted by molar-refractivity contribution is 0.692. The molecule has 2 rings (SSSR count). The summed E-state index contributed by atoms with van der Waals surface area (Å²) in [5.74, 6) is 0. The van der Waals surface area contributed by atoms with Crippen molar-refractivity contribution >= 4 is 23.5 Å². The first-order valence-electron chi connectivity index (χ1n) is 5.70. The largest absolute Gasteiger partial charge is 0.326 e. The Balaban J connectivity index is 2.37. The molecule has 1 aromatic carbocycles. The van der Waals surface area contributed by atoms with Crippen molar-refractivity contribution in [2.45, 2.75) is 28.3 Å². The van der Waals surface area contributed by atoms with Gasteiger partial charge in [-0.25, -0.2) is 0 Å². The third kappa shape index (κ3) is 2.74. The zero-order valence-electron chi connectivity index (χ0n) is 10.8. The van der Waals surface area contributed by atoms with Crippen LogP contribution >= 0.6 is 23.5 Å². The van der Waals surface area contributed by atoms with Gasteiger partial charge in [0.2, 0.25) is 0 Å². The van der Waals surface area contributed by atoms with E-state index in [9.17, 15) is 0 Å². The molecular weight excluding hydrogens is 262 g/mol. The van der Waals surface area contributed by atoms with Gasteiger partial charge in [-0.3, -0.25) is 4.68 Å². The SMILES string of the molecule is CSc1cccc(Sc2cc(C)nn2C)c1CN. The standard InChI is InChI=1S/C13H17N3S2/c1-9-7-13(16(2)15-9)18-12-6-4-5-11(17-3)10(12)8-14/h4-7H,8,14H2,1-3H3. The molecule has 0 aliphatic carbocycles. The van der Waals surface area contributed by atoms with Crippen molar-refractivity contribution in [3.8, 4) is 0 Å². The second-order valence-electron chi connectivity index (χ2n) is 3.99. The van der Waals surface area contributed by atoms with Gasteiger partial charge in [-0.05, 0) is 36.9 Å². The number of hydrogen-bond donors (Lipinski definition) is 1. The second-order valence-corrected chi connectivity index (χ2v) is 5.90.